The maximum Gasteiger partial charge on any atom is 0.225 e. The number of halogens is 1. The highest BCUT2D eigenvalue weighted by molar-refractivity contribution is 9.09. The van der Waals surface area contributed by atoms with Crippen LogP contribution in [0.3, 0.4) is 0 Å². The molecule has 1 amide bonds. The second-order valence-corrected chi connectivity index (χ2v) is 5.88. The summed E-state index contributed by atoms with van der Waals surface area (Å²) in [4.78, 5) is 14.1. The van der Waals surface area contributed by atoms with Gasteiger partial charge in [-0.05, 0) is 18.8 Å². The molecular weight excluding hydrogens is 254 g/mol. The highest BCUT2D eigenvalue weighted by atomic mass is 79.9. The fourth-order valence-electron chi connectivity index (χ4n) is 2.76. The lowest BCUT2D eigenvalue weighted by Gasteiger charge is -2.41. The summed E-state index contributed by atoms with van der Waals surface area (Å²) in [7, 11) is 0. The van der Waals surface area contributed by atoms with E-state index in [4.69, 9.17) is 0 Å². The van der Waals surface area contributed by atoms with E-state index in [9.17, 15) is 4.79 Å². The molecule has 0 spiro atoms. The summed E-state index contributed by atoms with van der Waals surface area (Å²) in [5.74, 6) is 2.22. The Morgan fingerprint density at radius 3 is 2.73 bits per heavy atom. The molecule has 1 aliphatic carbocycles. The van der Waals surface area contributed by atoms with Crippen LogP contribution in [0.25, 0.3) is 0 Å². The van der Waals surface area contributed by atoms with Gasteiger partial charge in [0.25, 0.3) is 0 Å². The lowest BCUT2D eigenvalue weighted by Crippen LogP contribution is -2.53. The van der Waals surface area contributed by atoms with Gasteiger partial charge < -0.3 is 4.90 Å². The number of nitrogens with zero attached hydrogens (tertiary/aromatic N) is 1. The molecule has 2 atom stereocenters. The molecule has 0 aromatic carbocycles. The minimum atomic E-state index is 0.338. The van der Waals surface area contributed by atoms with Crippen molar-refractivity contribution in [1.29, 1.82) is 0 Å². The zero-order chi connectivity index (χ0) is 10.8. The average molecular weight is 274 g/mol. The minimum absolute atomic E-state index is 0.338. The Labute approximate surface area is 101 Å². The Bertz CT molecular complexity index is 238. The van der Waals surface area contributed by atoms with Gasteiger partial charge in [-0.2, -0.15) is 0 Å². The molecule has 0 aromatic rings. The molecule has 1 saturated carbocycles. The van der Waals surface area contributed by atoms with E-state index in [1.165, 1.54) is 12.8 Å². The number of carbonyl (C=O) groups excluding carboxylic acids is 1. The van der Waals surface area contributed by atoms with Gasteiger partial charge >= 0.3 is 0 Å². The Morgan fingerprint density at radius 1 is 1.40 bits per heavy atom. The van der Waals surface area contributed by atoms with E-state index in [1.54, 1.807) is 0 Å². The molecule has 0 radical (unpaired) electrons. The van der Waals surface area contributed by atoms with Gasteiger partial charge in [-0.1, -0.05) is 35.7 Å². The molecule has 15 heavy (non-hydrogen) atoms. The molecule has 0 aromatic heterocycles. The van der Waals surface area contributed by atoms with Crippen LogP contribution < -0.4 is 0 Å². The smallest absolute Gasteiger partial charge is 0.225 e. The van der Waals surface area contributed by atoms with E-state index in [0.717, 1.165) is 37.2 Å². The molecule has 0 bridgehead atoms. The molecule has 0 N–H and O–H groups in total. The van der Waals surface area contributed by atoms with Crippen LogP contribution in [0.4, 0.5) is 0 Å². The minimum Gasteiger partial charge on any atom is -0.342 e. The second-order valence-electron chi connectivity index (χ2n) is 5.23. The molecule has 2 unspecified atom stereocenters. The predicted molar refractivity (Wildman–Crippen MR) is 65.0 cm³/mol. The highest BCUT2D eigenvalue weighted by Crippen LogP contribution is 2.31. The fourth-order valence-corrected chi connectivity index (χ4v) is 3.17. The maximum absolute atomic E-state index is 12.1. The Hall–Kier alpha value is -0.0500. The average Bonchev–Trinajstić information content (AvgIpc) is 2.16. The molecular formula is C12H20BrNO. The van der Waals surface area contributed by atoms with Crippen molar-refractivity contribution in [2.24, 2.45) is 17.8 Å². The number of carbonyl (C=O) groups is 1. The molecule has 2 nitrogen and oxygen atoms in total. The second kappa shape index (κ2) is 4.86. The Kier molecular flexibility index (Phi) is 3.70. The predicted octanol–water partition coefficient (Wildman–Crippen LogP) is 2.67. The zero-order valence-electron chi connectivity index (χ0n) is 9.42. The van der Waals surface area contributed by atoms with Gasteiger partial charge in [-0.15, -0.1) is 0 Å². The van der Waals surface area contributed by atoms with Crippen LogP contribution >= 0.6 is 15.9 Å². The van der Waals surface area contributed by atoms with E-state index >= 15 is 0 Å². The molecule has 2 rings (SSSR count). The van der Waals surface area contributed by atoms with Gasteiger partial charge in [-0.25, -0.2) is 0 Å². The highest BCUT2D eigenvalue weighted by Gasteiger charge is 2.35. The number of hydrogen-bond donors (Lipinski definition) is 0. The van der Waals surface area contributed by atoms with Crippen LogP contribution in [0, 0.1) is 17.8 Å². The number of alkyl halides is 1. The van der Waals surface area contributed by atoms with Crippen molar-refractivity contribution in [2.75, 3.05) is 18.4 Å². The zero-order valence-corrected chi connectivity index (χ0v) is 11.0. The van der Waals surface area contributed by atoms with E-state index in [2.05, 4.69) is 27.8 Å². The molecule has 1 heterocycles. The van der Waals surface area contributed by atoms with Crippen molar-refractivity contribution >= 4 is 21.8 Å². The van der Waals surface area contributed by atoms with E-state index in [-0.39, 0.29) is 0 Å². The summed E-state index contributed by atoms with van der Waals surface area (Å²) < 4.78 is 0. The standard InChI is InChI=1S/C12H20BrNO/c1-9-3-2-4-11(5-9)12(15)14-7-10(6-13)8-14/h9-11H,2-8H2,1H3. The number of likely N-dealkylation sites (tertiary alicyclic amines) is 1. The van der Waals surface area contributed by atoms with Crippen molar-refractivity contribution in [1.82, 2.24) is 4.90 Å². The molecule has 3 heteroatoms. The molecule has 1 aliphatic heterocycles. The Balaban J connectivity index is 1.81. The summed E-state index contributed by atoms with van der Waals surface area (Å²) >= 11 is 3.47. The van der Waals surface area contributed by atoms with Crippen LogP contribution in [-0.4, -0.2) is 29.2 Å². The van der Waals surface area contributed by atoms with Crippen molar-refractivity contribution in [3.05, 3.63) is 0 Å². The first-order valence-electron chi connectivity index (χ1n) is 6.05. The first-order chi connectivity index (χ1) is 7.20. The largest absolute Gasteiger partial charge is 0.342 e. The van der Waals surface area contributed by atoms with Crippen LogP contribution in [0.1, 0.15) is 32.6 Å². The SMILES string of the molecule is CC1CCCC(C(=O)N2CC(CBr)C2)C1. The summed E-state index contributed by atoms with van der Waals surface area (Å²) in [5.41, 5.74) is 0. The van der Waals surface area contributed by atoms with Crippen molar-refractivity contribution in [3.63, 3.8) is 0 Å². The van der Waals surface area contributed by atoms with E-state index in [0.29, 0.717) is 17.7 Å². The number of hydrogen-bond acceptors (Lipinski definition) is 1. The lowest BCUT2D eigenvalue weighted by molar-refractivity contribution is -0.143. The third kappa shape index (κ3) is 2.55. The van der Waals surface area contributed by atoms with Crippen molar-refractivity contribution in [2.45, 2.75) is 32.6 Å². The third-order valence-electron chi connectivity index (χ3n) is 3.77. The van der Waals surface area contributed by atoms with Gasteiger partial charge in [0.05, 0.1) is 0 Å². The normalized spacial score (nSPS) is 32.5. The number of amides is 1. The van der Waals surface area contributed by atoms with Gasteiger partial charge in [0.15, 0.2) is 0 Å². The van der Waals surface area contributed by atoms with Crippen molar-refractivity contribution < 1.29 is 4.79 Å². The summed E-state index contributed by atoms with van der Waals surface area (Å²) in [6.07, 6.45) is 4.80. The first-order valence-corrected chi connectivity index (χ1v) is 7.17. The van der Waals surface area contributed by atoms with Gasteiger partial charge in [0.2, 0.25) is 5.91 Å². The third-order valence-corrected chi connectivity index (χ3v) is 4.69. The first kappa shape index (κ1) is 11.4. The fraction of sp³-hybridized carbons (Fsp3) is 0.917. The quantitative estimate of drug-likeness (QED) is 0.709. The van der Waals surface area contributed by atoms with Gasteiger partial charge in [0.1, 0.15) is 0 Å². The Morgan fingerprint density at radius 2 is 2.13 bits per heavy atom. The molecule has 2 fully saturated rings. The van der Waals surface area contributed by atoms with Gasteiger partial charge in [0, 0.05) is 30.3 Å². The maximum atomic E-state index is 12.1. The summed E-state index contributed by atoms with van der Waals surface area (Å²) in [5, 5.41) is 1.04. The molecule has 2 aliphatic rings. The topological polar surface area (TPSA) is 20.3 Å². The van der Waals surface area contributed by atoms with E-state index < -0.39 is 0 Å². The summed E-state index contributed by atoms with van der Waals surface area (Å²) in [6, 6.07) is 0. The van der Waals surface area contributed by atoms with Crippen LogP contribution in [0.15, 0.2) is 0 Å². The van der Waals surface area contributed by atoms with Crippen LogP contribution in [-0.2, 0) is 4.79 Å². The summed E-state index contributed by atoms with van der Waals surface area (Å²) in [6.45, 7) is 4.24. The molecule has 86 valence electrons. The van der Waals surface area contributed by atoms with Crippen LogP contribution in [0.5, 0.6) is 0 Å². The van der Waals surface area contributed by atoms with Crippen LogP contribution in [0.2, 0.25) is 0 Å². The monoisotopic (exact) mass is 273 g/mol. The number of rotatable bonds is 2. The van der Waals surface area contributed by atoms with Crippen molar-refractivity contribution in [3.8, 4) is 0 Å². The van der Waals surface area contributed by atoms with E-state index in [1.807, 2.05) is 0 Å². The lowest BCUT2D eigenvalue weighted by atomic mass is 9.81. The van der Waals surface area contributed by atoms with Gasteiger partial charge in [-0.3, -0.25) is 4.79 Å². The molecule has 1 saturated heterocycles.